The Morgan fingerprint density at radius 2 is 1.80 bits per heavy atom. The molecule has 0 aromatic heterocycles. The maximum atomic E-state index is 5.95. The van der Waals surface area contributed by atoms with E-state index in [0.29, 0.717) is 5.69 Å². The molecule has 0 amide bonds. The molecule has 0 radical (unpaired) electrons. The summed E-state index contributed by atoms with van der Waals surface area (Å²) in [6, 6.07) is 16.3. The van der Waals surface area contributed by atoms with Gasteiger partial charge in [-0.2, -0.15) is 0 Å². The average molecular weight is 270 g/mol. The molecule has 0 atom stereocenters. The number of nitrogens with zero attached hydrogens (tertiary/aromatic N) is 1. The molecule has 0 bridgehead atoms. The summed E-state index contributed by atoms with van der Waals surface area (Å²) in [5.41, 5.74) is 9.00. The first-order valence-corrected chi connectivity index (χ1v) is 6.87. The Morgan fingerprint density at radius 3 is 2.45 bits per heavy atom. The van der Waals surface area contributed by atoms with Gasteiger partial charge in [0.15, 0.2) is 0 Å². The topological polar surface area (TPSA) is 38.5 Å². The molecule has 0 spiro atoms. The molecule has 2 rings (SSSR count). The summed E-state index contributed by atoms with van der Waals surface area (Å²) in [6.07, 6.45) is 0.118. The standard InChI is InChI=1S/C17H22N2O/c1-13(2)20-17-11-15(9-10-16(17)18)19(3)12-14-7-5-4-6-8-14/h4-11,13H,12,18H2,1-3H3. The van der Waals surface area contributed by atoms with Gasteiger partial charge in [0.2, 0.25) is 0 Å². The quantitative estimate of drug-likeness (QED) is 0.842. The van der Waals surface area contributed by atoms with Gasteiger partial charge >= 0.3 is 0 Å². The second kappa shape index (κ2) is 6.33. The Hall–Kier alpha value is -2.16. The lowest BCUT2D eigenvalue weighted by Gasteiger charge is -2.21. The number of rotatable bonds is 5. The third-order valence-electron chi connectivity index (χ3n) is 3.06. The van der Waals surface area contributed by atoms with Gasteiger partial charge < -0.3 is 15.4 Å². The van der Waals surface area contributed by atoms with Crippen LogP contribution in [0.3, 0.4) is 0 Å². The Morgan fingerprint density at radius 1 is 1.10 bits per heavy atom. The number of hydrogen-bond acceptors (Lipinski definition) is 3. The van der Waals surface area contributed by atoms with E-state index < -0.39 is 0 Å². The van der Waals surface area contributed by atoms with Gasteiger partial charge in [0.1, 0.15) is 5.75 Å². The molecule has 3 heteroatoms. The van der Waals surface area contributed by atoms with Crippen LogP contribution in [-0.2, 0) is 6.54 Å². The fourth-order valence-electron chi connectivity index (χ4n) is 2.07. The van der Waals surface area contributed by atoms with Crippen LogP contribution in [0, 0.1) is 0 Å². The van der Waals surface area contributed by atoms with Gasteiger partial charge in [-0.05, 0) is 31.5 Å². The lowest BCUT2D eigenvalue weighted by Crippen LogP contribution is -2.17. The normalized spacial score (nSPS) is 10.6. The molecule has 0 saturated carbocycles. The summed E-state index contributed by atoms with van der Waals surface area (Å²) < 4.78 is 5.73. The summed E-state index contributed by atoms with van der Waals surface area (Å²) in [4.78, 5) is 2.18. The number of nitrogen functional groups attached to an aromatic ring is 1. The smallest absolute Gasteiger partial charge is 0.144 e. The number of nitrogens with two attached hydrogens (primary N) is 1. The average Bonchev–Trinajstić information content (AvgIpc) is 2.42. The number of hydrogen-bond donors (Lipinski definition) is 1. The monoisotopic (exact) mass is 270 g/mol. The van der Waals surface area contributed by atoms with E-state index in [1.54, 1.807) is 0 Å². The van der Waals surface area contributed by atoms with Gasteiger partial charge in [-0.25, -0.2) is 0 Å². The van der Waals surface area contributed by atoms with Gasteiger partial charge in [-0.15, -0.1) is 0 Å². The maximum absolute atomic E-state index is 5.95. The molecule has 0 unspecified atom stereocenters. The van der Waals surface area contributed by atoms with Gasteiger partial charge in [0.25, 0.3) is 0 Å². The minimum atomic E-state index is 0.118. The molecule has 2 aromatic carbocycles. The Labute approximate surface area is 121 Å². The van der Waals surface area contributed by atoms with Crippen LogP contribution in [-0.4, -0.2) is 13.2 Å². The summed E-state index contributed by atoms with van der Waals surface area (Å²) in [5, 5.41) is 0. The van der Waals surface area contributed by atoms with Crippen molar-refractivity contribution in [3.63, 3.8) is 0 Å². The second-order valence-corrected chi connectivity index (χ2v) is 5.23. The van der Waals surface area contributed by atoms with E-state index in [4.69, 9.17) is 10.5 Å². The van der Waals surface area contributed by atoms with Crippen molar-refractivity contribution in [2.45, 2.75) is 26.5 Å². The van der Waals surface area contributed by atoms with Crippen LogP contribution in [0.5, 0.6) is 5.75 Å². The zero-order valence-electron chi connectivity index (χ0n) is 12.3. The van der Waals surface area contributed by atoms with Crippen molar-refractivity contribution in [3.05, 3.63) is 54.1 Å². The molecule has 20 heavy (non-hydrogen) atoms. The predicted molar refractivity (Wildman–Crippen MR) is 85.2 cm³/mol. The van der Waals surface area contributed by atoms with Crippen LogP contribution in [0.4, 0.5) is 11.4 Å². The summed E-state index contributed by atoms with van der Waals surface area (Å²) in [5.74, 6) is 0.748. The van der Waals surface area contributed by atoms with Crippen molar-refractivity contribution in [2.75, 3.05) is 17.7 Å². The molecular formula is C17H22N2O. The Bertz CT molecular complexity index is 552. The zero-order chi connectivity index (χ0) is 14.5. The maximum Gasteiger partial charge on any atom is 0.144 e. The third kappa shape index (κ3) is 3.67. The van der Waals surface area contributed by atoms with E-state index in [9.17, 15) is 0 Å². The highest BCUT2D eigenvalue weighted by Crippen LogP contribution is 2.28. The highest BCUT2D eigenvalue weighted by Gasteiger charge is 2.08. The van der Waals surface area contributed by atoms with E-state index in [0.717, 1.165) is 18.0 Å². The number of ether oxygens (including phenoxy) is 1. The third-order valence-corrected chi connectivity index (χ3v) is 3.06. The van der Waals surface area contributed by atoms with Crippen LogP contribution in [0.2, 0.25) is 0 Å². The molecule has 0 heterocycles. The summed E-state index contributed by atoms with van der Waals surface area (Å²) in [6.45, 7) is 4.85. The lowest BCUT2D eigenvalue weighted by atomic mass is 10.2. The molecule has 0 aliphatic heterocycles. The van der Waals surface area contributed by atoms with Crippen molar-refractivity contribution in [1.82, 2.24) is 0 Å². The van der Waals surface area contributed by atoms with Crippen molar-refractivity contribution < 1.29 is 4.74 Å². The first kappa shape index (κ1) is 14.3. The molecule has 106 valence electrons. The Kier molecular flexibility index (Phi) is 4.51. The Balaban J connectivity index is 2.15. The predicted octanol–water partition coefficient (Wildman–Crippen LogP) is 3.69. The van der Waals surface area contributed by atoms with Crippen molar-refractivity contribution >= 4 is 11.4 Å². The van der Waals surface area contributed by atoms with Gasteiger partial charge in [0, 0.05) is 25.3 Å². The summed E-state index contributed by atoms with van der Waals surface area (Å²) in [7, 11) is 2.07. The van der Waals surface area contributed by atoms with Crippen molar-refractivity contribution in [1.29, 1.82) is 0 Å². The largest absolute Gasteiger partial charge is 0.489 e. The van der Waals surface area contributed by atoms with E-state index in [1.165, 1.54) is 5.56 Å². The number of anilines is 2. The lowest BCUT2D eigenvalue weighted by molar-refractivity contribution is 0.244. The minimum Gasteiger partial charge on any atom is -0.489 e. The zero-order valence-corrected chi connectivity index (χ0v) is 12.3. The van der Waals surface area contributed by atoms with Gasteiger partial charge in [-0.1, -0.05) is 30.3 Å². The van der Waals surface area contributed by atoms with Gasteiger partial charge in [-0.3, -0.25) is 0 Å². The number of benzene rings is 2. The van der Waals surface area contributed by atoms with Crippen LogP contribution >= 0.6 is 0 Å². The molecule has 2 N–H and O–H groups in total. The van der Waals surface area contributed by atoms with E-state index in [2.05, 4.69) is 36.2 Å². The fraction of sp³-hybridized carbons (Fsp3) is 0.294. The molecule has 0 aliphatic rings. The van der Waals surface area contributed by atoms with Gasteiger partial charge in [0.05, 0.1) is 11.8 Å². The summed E-state index contributed by atoms with van der Waals surface area (Å²) >= 11 is 0. The molecule has 3 nitrogen and oxygen atoms in total. The first-order chi connectivity index (χ1) is 9.56. The fourth-order valence-corrected chi connectivity index (χ4v) is 2.07. The molecule has 2 aromatic rings. The SMILES string of the molecule is CC(C)Oc1cc(N(C)Cc2ccccc2)ccc1N. The van der Waals surface area contributed by atoms with Crippen LogP contribution < -0.4 is 15.4 Å². The van der Waals surface area contributed by atoms with Crippen LogP contribution in [0.15, 0.2) is 48.5 Å². The molecule has 0 fully saturated rings. The first-order valence-electron chi connectivity index (χ1n) is 6.87. The van der Waals surface area contributed by atoms with E-state index >= 15 is 0 Å². The highest BCUT2D eigenvalue weighted by molar-refractivity contribution is 5.62. The highest BCUT2D eigenvalue weighted by atomic mass is 16.5. The van der Waals surface area contributed by atoms with E-state index in [-0.39, 0.29) is 6.10 Å². The second-order valence-electron chi connectivity index (χ2n) is 5.23. The molecular weight excluding hydrogens is 248 g/mol. The van der Waals surface area contributed by atoms with Crippen molar-refractivity contribution in [3.8, 4) is 5.75 Å². The van der Waals surface area contributed by atoms with Crippen LogP contribution in [0.1, 0.15) is 19.4 Å². The van der Waals surface area contributed by atoms with E-state index in [1.807, 2.05) is 38.1 Å². The minimum absolute atomic E-state index is 0.118. The van der Waals surface area contributed by atoms with Crippen molar-refractivity contribution in [2.24, 2.45) is 0 Å². The van der Waals surface area contributed by atoms with Crippen LogP contribution in [0.25, 0.3) is 0 Å². The molecule has 0 aliphatic carbocycles. The molecule has 0 saturated heterocycles.